The molecule has 0 fully saturated rings. The lowest BCUT2D eigenvalue weighted by molar-refractivity contribution is -0.137. The van der Waals surface area contributed by atoms with Crippen molar-refractivity contribution in [1.82, 2.24) is 5.32 Å². The van der Waals surface area contributed by atoms with Crippen molar-refractivity contribution in [2.45, 2.75) is 32.5 Å². The summed E-state index contributed by atoms with van der Waals surface area (Å²) < 4.78 is 37.1. The summed E-state index contributed by atoms with van der Waals surface area (Å²) in [4.78, 5) is 11.7. The Bertz CT molecular complexity index is 441. The number of carbonyl (C=O) groups excluding carboxylic acids is 1. The molecule has 0 radical (unpaired) electrons. The monoisotopic (exact) mass is 289 g/mol. The molecule has 6 heteroatoms. The molecule has 1 rings (SSSR count). The molecule has 0 bridgehead atoms. The van der Waals surface area contributed by atoms with Gasteiger partial charge in [-0.2, -0.15) is 13.2 Å². The van der Waals surface area contributed by atoms with Gasteiger partial charge >= 0.3 is 6.18 Å². The number of alkyl halides is 3. The van der Waals surface area contributed by atoms with Crippen LogP contribution < -0.4 is 5.32 Å². The highest BCUT2D eigenvalue weighted by atomic mass is 19.4. The van der Waals surface area contributed by atoms with Gasteiger partial charge in [0.15, 0.2) is 0 Å². The fraction of sp³-hybridized carbons (Fsp3) is 0.500. The zero-order valence-corrected chi connectivity index (χ0v) is 11.4. The highest BCUT2D eigenvalue weighted by Gasteiger charge is 2.30. The summed E-state index contributed by atoms with van der Waals surface area (Å²) in [5.41, 5.74) is -0.624. The van der Waals surface area contributed by atoms with Crippen molar-refractivity contribution >= 4 is 5.91 Å². The van der Waals surface area contributed by atoms with Crippen LogP contribution in [0.5, 0.6) is 0 Å². The number of benzene rings is 1. The molecule has 1 aromatic rings. The SMILES string of the molecule is CC(C)C(O)CCNC(=O)c1ccc(C(F)(F)F)cc1. The predicted octanol–water partition coefficient (Wildman–Crippen LogP) is 2.84. The summed E-state index contributed by atoms with van der Waals surface area (Å²) in [6, 6.07) is 4.02. The molecular weight excluding hydrogens is 271 g/mol. The van der Waals surface area contributed by atoms with Gasteiger partial charge in [0.2, 0.25) is 0 Å². The Kier molecular flexibility index (Phi) is 5.56. The van der Waals surface area contributed by atoms with Gasteiger partial charge in [0.05, 0.1) is 11.7 Å². The third kappa shape index (κ3) is 4.85. The van der Waals surface area contributed by atoms with E-state index in [1.807, 2.05) is 13.8 Å². The van der Waals surface area contributed by atoms with E-state index >= 15 is 0 Å². The first-order chi connectivity index (χ1) is 9.21. The summed E-state index contributed by atoms with van der Waals surface area (Å²) >= 11 is 0. The van der Waals surface area contributed by atoms with Gasteiger partial charge < -0.3 is 10.4 Å². The van der Waals surface area contributed by atoms with Gasteiger partial charge in [-0.3, -0.25) is 4.79 Å². The Hall–Kier alpha value is -1.56. The van der Waals surface area contributed by atoms with Crippen molar-refractivity contribution in [3.8, 4) is 0 Å². The van der Waals surface area contributed by atoms with Gasteiger partial charge in [-0.1, -0.05) is 13.8 Å². The number of aliphatic hydroxyl groups excluding tert-OH is 1. The van der Waals surface area contributed by atoms with Crippen molar-refractivity contribution in [3.63, 3.8) is 0 Å². The van der Waals surface area contributed by atoms with Crippen molar-refractivity contribution in [2.75, 3.05) is 6.54 Å². The molecule has 0 aliphatic carbocycles. The van der Waals surface area contributed by atoms with Crippen LogP contribution in [0.15, 0.2) is 24.3 Å². The zero-order valence-electron chi connectivity index (χ0n) is 11.4. The number of hydrogen-bond acceptors (Lipinski definition) is 2. The van der Waals surface area contributed by atoms with E-state index in [0.717, 1.165) is 24.3 Å². The summed E-state index contributed by atoms with van der Waals surface area (Å²) in [7, 11) is 0. The molecule has 1 unspecified atom stereocenters. The van der Waals surface area contributed by atoms with E-state index in [9.17, 15) is 23.1 Å². The van der Waals surface area contributed by atoms with Crippen LogP contribution in [0.4, 0.5) is 13.2 Å². The Morgan fingerprint density at radius 2 is 1.80 bits per heavy atom. The summed E-state index contributed by atoms with van der Waals surface area (Å²) in [5, 5.41) is 12.1. The third-order valence-electron chi connectivity index (χ3n) is 2.97. The fourth-order valence-electron chi connectivity index (χ4n) is 1.58. The number of rotatable bonds is 5. The number of hydrogen-bond donors (Lipinski definition) is 2. The zero-order chi connectivity index (χ0) is 15.3. The molecule has 0 saturated heterocycles. The van der Waals surface area contributed by atoms with E-state index in [1.165, 1.54) is 0 Å². The van der Waals surface area contributed by atoms with Crippen LogP contribution in [0, 0.1) is 5.92 Å². The molecular formula is C14H18F3NO2. The molecule has 0 spiro atoms. The van der Waals surface area contributed by atoms with Crippen molar-refractivity contribution < 1.29 is 23.1 Å². The molecule has 0 heterocycles. The van der Waals surface area contributed by atoms with Crippen LogP contribution in [0.2, 0.25) is 0 Å². The van der Waals surface area contributed by atoms with Crippen LogP contribution in [-0.2, 0) is 6.18 Å². The predicted molar refractivity (Wildman–Crippen MR) is 69.2 cm³/mol. The maximum Gasteiger partial charge on any atom is 0.416 e. The molecule has 1 amide bonds. The van der Waals surface area contributed by atoms with Crippen LogP contribution in [0.25, 0.3) is 0 Å². The van der Waals surface area contributed by atoms with Gasteiger partial charge in [-0.25, -0.2) is 0 Å². The average Bonchev–Trinajstić information content (AvgIpc) is 2.37. The topological polar surface area (TPSA) is 49.3 Å². The van der Waals surface area contributed by atoms with E-state index in [4.69, 9.17) is 0 Å². The first-order valence-electron chi connectivity index (χ1n) is 6.35. The molecule has 0 saturated carbocycles. The Morgan fingerprint density at radius 1 is 1.25 bits per heavy atom. The Morgan fingerprint density at radius 3 is 2.25 bits per heavy atom. The minimum atomic E-state index is -4.41. The maximum atomic E-state index is 12.4. The first kappa shape index (κ1) is 16.5. The van der Waals surface area contributed by atoms with Crippen LogP contribution in [-0.4, -0.2) is 23.7 Å². The summed E-state index contributed by atoms with van der Waals surface area (Å²) in [6.07, 6.45) is -4.51. The first-order valence-corrected chi connectivity index (χ1v) is 6.35. The fourth-order valence-corrected chi connectivity index (χ4v) is 1.58. The van der Waals surface area contributed by atoms with Crippen molar-refractivity contribution in [3.05, 3.63) is 35.4 Å². The van der Waals surface area contributed by atoms with E-state index < -0.39 is 23.8 Å². The van der Waals surface area contributed by atoms with Gasteiger partial charge in [-0.05, 0) is 36.6 Å². The lowest BCUT2D eigenvalue weighted by atomic mass is 10.0. The summed E-state index contributed by atoms with van der Waals surface area (Å²) in [6.45, 7) is 4.00. The van der Waals surface area contributed by atoms with Crippen molar-refractivity contribution in [2.24, 2.45) is 5.92 Å². The van der Waals surface area contributed by atoms with Gasteiger partial charge in [0.1, 0.15) is 0 Å². The number of amides is 1. The second kappa shape index (κ2) is 6.74. The molecule has 0 aliphatic rings. The average molecular weight is 289 g/mol. The smallest absolute Gasteiger partial charge is 0.393 e. The molecule has 0 aromatic heterocycles. The molecule has 20 heavy (non-hydrogen) atoms. The number of halogens is 3. The van der Waals surface area contributed by atoms with Gasteiger partial charge in [0, 0.05) is 12.1 Å². The maximum absolute atomic E-state index is 12.4. The van der Waals surface area contributed by atoms with E-state index in [-0.39, 0.29) is 18.0 Å². The minimum Gasteiger partial charge on any atom is -0.393 e. The van der Waals surface area contributed by atoms with E-state index in [1.54, 1.807) is 0 Å². The lowest BCUT2D eigenvalue weighted by Gasteiger charge is -2.14. The quantitative estimate of drug-likeness (QED) is 0.875. The number of carbonyl (C=O) groups is 1. The summed E-state index contributed by atoms with van der Waals surface area (Å²) in [5.74, 6) is -0.354. The highest BCUT2D eigenvalue weighted by Crippen LogP contribution is 2.29. The van der Waals surface area contributed by atoms with E-state index in [0.29, 0.717) is 6.42 Å². The Balaban J connectivity index is 2.52. The molecule has 2 N–H and O–H groups in total. The molecule has 0 aliphatic heterocycles. The van der Waals surface area contributed by atoms with Crippen LogP contribution in [0.3, 0.4) is 0 Å². The van der Waals surface area contributed by atoms with Crippen LogP contribution in [0.1, 0.15) is 36.2 Å². The third-order valence-corrected chi connectivity index (χ3v) is 2.97. The second-order valence-corrected chi connectivity index (χ2v) is 4.93. The van der Waals surface area contributed by atoms with E-state index in [2.05, 4.69) is 5.32 Å². The molecule has 3 nitrogen and oxygen atoms in total. The van der Waals surface area contributed by atoms with Gasteiger partial charge in [-0.15, -0.1) is 0 Å². The van der Waals surface area contributed by atoms with Crippen molar-refractivity contribution in [1.29, 1.82) is 0 Å². The highest BCUT2D eigenvalue weighted by molar-refractivity contribution is 5.94. The Labute approximate surface area is 115 Å². The largest absolute Gasteiger partial charge is 0.416 e. The number of aliphatic hydroxyl groups is 1. The van der Waals surface area contributed by atoms with Gasteiger partial charge in [0.25, 0.3) is 5.91 Å². The molecule has 1 atom stereocenters. The lowest BCUT2D eigenvalue weighted by Crippen LogP contribution is -2.28. The standard InChI is InChI=1S/C14H18F3NO2/c1-9(2)12(19)7-8-18-13(20)10-3-5-11(6-4-10)14(15,16)17/h3-6,9,12,19H,7-8H2,1-2H3,(H,18,20). The van der Waals surface area contributed by atoms with Crippen LogP contribution >= 0.6 is 0 Å². The number of nitrogens with one attached hydrogen (secondary N) is 1. The molecule has 112 valence electrons. The second-order valence-electron chi connectivity index (χ2n) is 4.93. The minimum absolute atomic E-state index is 0.0953. The normalized spacial score (nSPS) is 13.3. The molecule has 1 aromatic carbocycles.